The van der Waals surface area contributed by atoms with Crippen LogP contribution in [0, 0.1) is 13.8 Å². The summed E-state index contributed by atoms with van der Waals surface area (Å²) in [6.07, 6.45) is 0. The molecule has 0 saturated carbocycles. The first kappa shape index (κ1) is 6.93. The van der Waals surface area contributed by atoms with Crippen molar-refractivity contribution >= 4 is 22.0 Å². The van der Waals surface area contributed by atoms with Gasteiger partial charge in [0.05, 0.1) is 0 Å². The Morgan fingerprint density at radius 1 is 1.22 bits per heavy atom. The number of hydrogen-bond donors (Lipinski definition) is 0. The van der Waals surface area contributed by atoms with E-state index in [2.05, 4.69) is 49.8 Å². The van der Waals surface area contributed by atoms with Crippen molar-refractivity contribution in [2.45, 2.75) is 13.8 Å². The SMILES string of the molecule is [Li][c]1ccc(C)cc1C. The molecule has 0 heterocycles. The Hall–Kier alpha value is -0.183. The van der Waals surface area contributed by atoms with Gasteiger partial charge in [0.15, 0.2) is 0 Å². The van der Waals surface area contributed by atoms with E-state index in [1.54, 1.807) is 0 Å². The molecule has 0 bridgehead atoms. The van der Waals surface area contributed by atoms with Crippen LogP contribution >= 0.6 is 0 Å². The Morgan fingerprint density at radius 3 is 2.33 bits per heavy atom. The number of aryl methyl sites for hydroxylation is 2. The van der Waals surface area contributed by atoms with Crippen molar-refractivity contribution in [3.8, 4) is 0 Å². The van der Waals surface area contributed by atoms with Crippen molar-refractivity contribution < 1.29 is 0 Å². The van der Waals surface area contributed by atoms with Crippen molar-refractivity contribution in [2.75, 3.05) is 0 Å². The number of benzene rings is 1. The van der Waals surface area contributed by atoms with E-state index in [0.717, 1.165) is 0 Å². The zero-order valence-electron chi connectivity index (χ0n) is 6.23. The van der Waals surface area contributed by atoms with Crippen LogP contribution in [0.2, 0.25) is 0 Å². The molecule has 0 aliphatic carbocycles. The van der Waals surface area contributed by atoms with Crippen LogP contribution < -0.4 is 4.24 Å². The van der Waals surface area contributed by atoms with Crippen LogP contribution in [0.25, 0.3) is 0 Å². The minimum atomic E-state index is 1.35. The summed E-state index contributed by atoms with van der Waals surface area (Å²) in [4.78, 5) is 0. The van der Waals surface area contributed by atoms with Gasteiger partial charge < -0.3 is 0 Å². The van der Waals surface area contributed by atoms with Crippen molar-refractivity contribution in [1.29, 1.82) is 0 Å². The Kier molecular flexibility index (Phi) is 2.00. The van der Waals surface area contributed by atoms with Crippen molar-refractivity contribution in [3.63, 3.8) is 0 Å². The zero-order chi connectivity index (χ0) is 6.85. The quantitative estimate of drug-likeness (QED) is 0.441. The molecule has 0 aromatic heterocycles. The van der Waals surface area contributed by atoms with Crippen LogP contribution in [0.5, 0.6) is 0 Å². The molecule has 0 fully saturated rings. The summed E-state index contributed by atoms with van der Waals surface area (Å²) in [5, 5.41) is 0. The first-order valence-corrected chi connectivity index (χ1v) is 3.24. The van der Waals surface area contributed by atoms with Crippen LogP contribution in [0.3, 0.4) is 0 Å². The van der Waals surface area contributed by atoms with Crippen LogP contribution in [-0.4, -0.2) is 17.7 Å². The third-order valence-corrected chi connectivity index (χ3v) is 1.66. The predicted octanol–water partition coefficient (Wildman–Crippen LogP) is 1.10. The first-order valence-electron chi connectivity index (χ1n) is 3.24. The molecular formula is C8H9Li. The van der Waals surface area contributed by atoms with Gasteiger partial charge in [-0.2, -0.15) is 0 Å². The third-order valence-electron chi connectivity index (χ3n) is 1.66. The monoisotopic (exact) mass is 112 g/mol. The second kappa shape index (κ2) is 2.60. The molecule has 1 aromatic carbocycles. The topological polar surface area (TPSA) is 0 Å². The fraction of sp³-hybridized carbons (Fsp3) is 0.250. The van der Waals surface area contributed by atoms with E-state index in [-0.39, 0.29) is 0 Å². The summed E-state index contributed by atoms with van der Waals surface area (Å²) in [6, 6.07) is 6.50. The molecule has 0 unspecified atom stereocenters. The molecule has 0 saturated heterocycles. The Morgan fingerprint density at radius 2 is 1.89 bits per heavy atom. The van der Waals surface area contributed by atoms with Gasteiger partial charge in [-0.3, -0.25) is 0 Å². The van der Waals surface area contributed by atoms with Crippen molar-refractivity contribution in [2.24, 2.45) is 0 Å². The molecule has 9 heavy (non-hydrogen) atoms. The van der Waals surface area contributed by atoms with Gasteiger partial charge >= 0.3 is 65.1 Å². The molecule has 0 aliphatic heterocycles. The average molecular weight is 112 g/mol. The molecule has 0 radical (unpaired) electrons. The summed E-state index contributed by atoms with van der Waals surface area (Å²) >= 11 is 2.13. The molecular weight excluding hydrogens is 103 g/mol. The van der Waals surface area contributed by atoms with Crippen LogP contribution in [0.1, 0.15) is 11.1 Å². The van der Waals surface area contributed by atoms with Crippen LogP contribution in [0.4, 0.5) is 0 Å². The molecule has 1 rings (SSSR count). The fourth-order valence-corrected chi connectivity index (χ4v) is 0.891. The summed E-state index contributed by atoms with van der Waals surface area (Å²) in [6.45, 7) is 4.26. The molecule has 1 heteroatoms. The minimum absolute atomic E-state index is 1.35. The fourth-order valence-electron chi connectivity index (χ4n) is 0.891. The summed E-state index contributed by atoms with van der Waals surface area (Å²) in [5.41, 5.74) is 2.73. The molecule has 0 atom stereocenters. The van der Waals surface area contributed by atoms with Crippen molar-refractivity contribution in [3.05, 3.63) is 29.3 Å². The van der Waals surface area contributed by atoms with E-state index in [9.17, 15) is 0 Å². The van der Waals surface area contributed by atoms with E-state index in [0.29, 0.717) is 0 Å². The van der Waals surface area contributed by atoms with Gasteiger partial charge in [-0.1, -0.05) is 0 Å². The van der Waals surface area contributed by atoms with E-state index >= 15 is 0 Å². The van der Waals surface area contributed by atoms with Gasteiger partial charge in [0.25, 0.3) is 0 Å². The predicted molar refractivity (Wildman–Crippen MR) is 41.3 cm³/mol. The molecule has 0 nitrogen and oxygen atoms in total. The first-order chi connectivity index (χ1) is 4.20. The van der Waals surface area contributed by atoms with Gasteiger partial charge in [0, 0.05) is 0 Å². The van der Waals surface area contributed by atoms with E-state index in [4.69, 9.17) is 0 Å². The van der Waals surface area contributed by atoms with Gasteiger partial charge in [0.2, 0.25) is 0 Å². The molecule has 0 spiro atoms. The Labute approximate surface area is 65.5 Å². The van der Waals surface area contributed by atoms with Crippen LogP contribution in [-0.2, 0) is 0 Å². The standard InChI is InChI=1S/C8H9.Li/c1-7-4-3-5-8(2)6-7;/h3-4,6H,1-2H3;. The normalized spacial score (nSPS) is 9.78. The van der Waals surface area contributed by atoms with Crippen LogP contribution in [0.15, 0.2) is 18.2 Å². The van der Waals surface area contributed by atoms with E-state index in [1.807, 2.05) is 0 Å². The molecule has 42 valence electrons. The average Bonchev–Trinajstić information content (AvgIpc) is 1.80. The van der Waals surface area contributed by atoms with Crippen molar-refractivity contribution in [1.82, 2.24) is 0 Å². The molecule has 1 aromatic rings. The van der Waals surface area contributed by atoms with Gasteiger partial charge in [-0.15, -0.1) is 0 Å². The van der Waals surface area contributed by atoms with Gasteiger partial charge in [-0.05, 0) is 0 Å². The number of hydrogen-bond acceptors (Lipinski definition) is 0. The van der Waals surface area contributed by atoms with E-state index in [1.165, 1.54) is 15.4 Å². The maximum atomic E-state index is 2.20. The third kappa shape index (κ3) is 1.61. The summed E-state index contributed by atoms with van der Waals surface area (Å²) in [5.74, 6) is 0. The zero-order valence-corrected chi connectivity index (χ0v) is 6.23. The molecule has 0 aliphatic rings. The van der Waals surface area contributed by atoms with Gasteiger partial charge in [-0.25, -0.2) is 0 Å². The summed E-state index contributed by atoms with van der Waals surface area (Å²) < 4.78 is 1.38. The van der Waals surface area contributed by atoms with Gasteiger partial charge in [0.1, 0.15) is 0 Å². The molecule has 0 N–H and O–H groups in total. The molecule has 0 amide bonds. The Balaban J connectivity index is 3.17. The second-order valence-corrected chi connectivity index (χ2v) is 2.59. The number of rotatable bonds is 0. The Bertz CT molecular complexity index is 216. The van der Waals surface area contributed by atoms with E-state index < -0.39 is 0 Å². The second-order valence-electron chi connectivity index (χ2n) is 2.59. The summed E-state index contributed by atoms with van der Waals surface area (Å²) in [7, 11) is 0. The maximum absolute atomic E-state index is 2.20.